The highest BCUT2D eigenvalue weighted by atomic mass is 16.5. The van der Waals surface area contributed by atoms with E-state index in [9.17, 15) is 9.59 Å². The Bertz CT molecular complexity index is 601. The zero-order valence-electron chi connectivity index (χ0n) is 15.3. The Morgan fingerprint density at radius 1 is 1.29 bits per heavy atom. The summed E-state index contributed by atoms with van der Waals surface area (Å²) >= 11 is 0. The molecule has 0 saturated carbocycles. The van der Waals surface area contributed by atoms with Crippen LogP contribution < -0.4 is 0 Å². The number of esters is 1. The van der Waals surface area contributed by atoms with E-state index in [-0.39, 0.29) is 5.78 Å². The fourth-order valence-corrected chi connectivity index (χ4v) is 1.39. The molecule has 0 bridgehead atoms. The molecule has 1 rings (SSSR count). The van der Waals surface area contributed by atoms with Crippen LogP contribution in [-0.2, 0) is 14.3 Å². The molecule has 3 nitrogen and oxygen atoms in total. The minimum atomic E-state index is -3.09. The van der Waals surface area contributed by atoms with Crippen LogP contribution in [0.5, 0.6) is 0 Å². The van der Waals surface area contributed by atoms with E-state index in [1.807, 2.05) is 0 Å². The molecule has 0 heterocycles. The molecule has 0 aliphatic carbocycles. The molecule has 0 amide bonds. The lowest BCUT2D eigenvalue weighted by Crippen LogP contribution is -2.08. The number of rotatable bonds is 4. The summed E-state index contributed by atoms with van der Waals surface area (Å²) in [5.41, 5.74) is 0.506. The van der Waals surface area contributed by atoms with Crippen molar-refractivity contribution < 1.29 is 22.6 Å². The number of carbonyl (C=O) groups is 2. The Hall–Kier alpha value is -1.90. The van der Waals surface area contributed by atoms with Crippen LogP contribution in [0.4, 0.5) is 0 Å². The van der Waals surface area contributed by atoms with E-state index in [2.05, 4.69) is 4.74 Å². The van der Waals surface area contributed by atoms with Gasteiger partial charge < -0.3 is 4.74 Å². The highest BCUT2D eigenvalue weighted by molar-refractivity contribution is 5.85. The molecule has 0 fully saturated rings. The number of ether oxygens (including phenoxy) is 1. The predicted octanol–water partition coefficient (Wildman–Crippen LogP) is 2.83. The van der Waals surface area contributed by atoms with Gasteiger partial charge in [-0.1, -0.05) is 30.3 Å². The van der Waals surface area contributed by atoms with Crippen molar-refractivity contribution in [1.82, 2.24) is 0 Å². The highest BCUT2D eigenvalue weighted by Gasteiger charge is 2.14. The van der Waals surface area contributed by atoms with Crippen molar-refractivity contribution in [2.24, 2.45) is 0 Å². The van der Waals surface area contributed by atoms with Crippen LogP contribution in [0.25, 0.3) is 0 Å². The third-order valence-electron chi connectivity index (χ3n) is 2.12. The van der Waals surface area contributed by atoms with Crippen molar-refractivity contribution in [3.05, 3.63) is 47.7 Å². The number of carbonyl (C=O) groups excluding carboxylic acids is 2. The van der Waals surface area contributed by atoms with Crippen LogP contribution in [0.15, 0.2) is 42.2 Å². The van der Waals surface area contributed by atoms with Crippen LogP contribution >= 0.6 is 0 Å². The van der Waals surface area contributed by atoms with Gasteiger partial charge in [-0.25, -0.2) is 0 Å². The zero-order valence-corrected chi connectivity index (χ0v) is 9.27. The van der Waals surface area contributed by atoms with E-state index in [1.165, 1.54) is 6.92 Å². The average molecular weight is 238 g/mol. The van der Waals surface area contributed by atoms with Gasteiger partial charge in [0.25, 0.3) is 0 Å². The maximum atomic E-state index is 11.8. The summed E-state index contributed by atoms with van der Waals surface area (Å²) < 4.78 is 47.5. The van der Waals surface area contributed by atoms with Gasteiger partial charge in [-0.05, 0) is 25.4 Å². The average Bonchev–Trinajstić information content (AvgIpc) is 2.41. The molecular weight excluding hydrogens is 216 g/mol. The van der Waals surface area contributed by atoms with Crippen LogP contribution in [0.2, 0.25) is 0 Å². The van der Waals surface area contributed by atoms with Crippen molar-refractivity contribution in [2.45, 2.75) is 26.5 Å². The number of allylic oxidation sites excluding steroid dienone is 2. The van der Waals surface area contributed by atoms with E-state index in [1.54, 1.807) is 30.3 Å². The summed E-state index contributed by atoms with van der Waals surface area (Å²) in [6.07, 6.45) is 0.967. The van der Waals surface area contributed by atoms with Gasteiger partial charge in [0, 0.05) is 15.1 Å². The Labute approximate surface area is 110 Å². The summed E-state index contributed by atoms with van der Waals surface area (Å²) in [4.78, 5) is 23.3. The second kappa shape index (κ2) is 5.99. The first-order valence-corrected chi connectivity index (χ1v) is 4.93. The van der Waals surface area contributed by atoms with Gasteiger partial charge in [0.05, 0.1) is 5.92 Å². The number of hydrogen-bond donors (Lipinski definition) is 0. The third kappa shape index (κ3) is 4.23. The molecule has 1 atom stereocenters. The predicted molar refractivity (Wildman–Crippen MR) is 65.4 cm³/mol. The molecule has 90 valence electrons. The summed E-state index contributed by atoms with van der Waals surface area (Å²) in [6.45, 7) is -4.71. The van der Waals surface area contributed by atoms with E-state index in [4.69, 9.17) is 8.22 Å². The fraction of sp³-hybridized carbons (Fsp3) is 0.286. The third-order valence-corrected chi connectivity index (χ3v) is 2.12. The SMILES string of the molecule is [2H]C([2H])([2H])C(=O)O/C(=C\C(C(C)=O)c1ccccc1)C([2H])([2H])[2H]. The molecule has 0 radical (unpaired) electrons. The number of ketones is 1. The molecular formula is C14H16O3. The van der Waals surface area contributed by atoms with Crippen molar-refractivity contribution in [1.29, 1.82) is 0 Å². The van der Waals surface area contributed by atoms with Crippen molar-refractivity contribution >= 4 is 11.8 Å². The van der Waals surface area contributed by atoms with Gasteiger partial charge in [0.1, 0.15) is 11.5 Å². The van der Waals surface area contributed by atoms with Gasteiger partial charge in [0.2, 0.25) is 0 Å². The first kappa shape index (κ1) is 6.74. The van der Waals surface area contributed by atoms with E-state index >= 15 is 0 Å². The van der Waals surface area contributed by atoms with Crippen molar-refractivity contribution in [3.63, 3.8) is 0 Å². The minimum Gasteiger partial charge on any atom is -0.432 e. The van der Waals surface area contributed by atoms with Gasteiger partial charge >= 0.3 is 5.97 Å². The van der Waals surface area contributed by atoms with Gasteiger partial charge in [-0.15, -0.1) is 0 Å². The largest absolute Gasteiger partial charge is 0.432 e. The topological polar surface area (TPSA) is 43.4 Å². The normalized spacial score (nSPS) is 19.7. The number of benzene rings is 1. The Morgan fingerprint density at radius 2 is 2.00 bits per heavy atom. The van der Waals surface area contributed by atoms with E-state index < -0.39 is 31.4 Å². The lowest BCUT2D eigenvalue weighted by atomic mass is 9.95. The monoisotopic (exact) mass is 238 g/mol. The molecule has 0 aromatic heterocycles. The quantitative estimate of drug-likeness (QED) is 0.598. The Morgan fingerprint density at radius 3 is 2.53 bits per heavy atom. The smallest absolute Gasteiger partial charge is 0.307 e. The van der Waals surface area contributed by atoms with E-state index in [0.29, 0.717) is 5.56 Å². The summed E-state index contributed by atoms with van der Waals surface area (Å²) in [7, 11) is 0. The number of Topliss-reactive ketones (excluding diaryl/α,β-unsaturated/α-hetero) is 1. The molecule has 0 aliphatic rings. The summed E-state index contributed by atoms with van der Waals surface area (Å²) in [5.74, 6) is -3.82. The molecule has 0 N–H and O–H groups in total. The van der Waals surface area contributed by atoms with Gasteiger partial charge in [0.15, 0.2) is 0 Å². The van der Waals surface area contributed by atoms with Crippen LogP contribution in [0, 0.1) is 0 Å². The standard InChI is InChI=1S/C14H16O3/c1-10(17-12(3)16)9-14(11(2)15)13-7-5-4-6-8-13/h4-9,14H,1-3H3/b10-9-/i1D3,3D3. The van der Waals surface area contributed by atoms with Crippen LogP contribution in [-0.4, -0.2) is 11.8 Å². The molecule has 1 unspecified atom stereocenters. The first-order chi connectivity index (χ1) is 10.4. The lowest BCUT2D eigenvalue weighted by molar-refractivity contribution is -0.136. The Balaban J connectivity index is 3.26. The summed E-state index contributed by atoms with van der Waals surface area (Å²) in [6, 6.07) is 8.30. The van der Waals surface area contributed by atoms with Crippen molar-refractivity contribution in [2.75, 3.05) is 0 Å². The fourth-order valence-electron chi connectivity index (χ4n) is 1.39. The van der Waals surface area contributed by atoms with E-state index in [0.717, 1.165) is 6.08 Å². The van der Waals surface area contributed by atoms with Gasteiger partial charge in [-0.3, -0.25) is 9.59 Å². The second-order valence-electron chi connectivity index (χ2n) is 3.42. The zero-order chi connectivity index (χ0) is 17.8. The molecule has 3 heteroatoms. The molecule has 0 saturated heterocycles. The number of hydrogen-bond acceptors (Lipinski definition) is 3. The molecule has 1 aromatic carbocycles. The second-order valence-corrected chi connectivity index (χ2v) is 3.42. The van der Waals surface area contributed by atoms with Crippen LogP contribution in [0.3, 0.4) is 0 Å². The lowest BCUT2D eigenvalue weighted by Gasteiger charge is -2.11. The first-order valence-electron chi connectivity index (χ1n) is 7.93. The highest BCUT2D eigenvalue weighted by Crippen LogP contribution is 2.20. The molecule has 0 spiro atoms. The van der Waals surface area contributed by atoms with Gasteiger partial charge in [-0.2, -0.15) is 0 Å². The van der Waals surface area contributed by atoms with Crippen LogP contribution in [0.1, 0.15) is 40.3 Å². The Kier molecular flexibility index (Phi) is 2.38. The molecule has 17 heavy (non-hydrogen) atoms. The molecule has 1 aromatic rings. The van der Waals surface area contributed by atoms with Crippen molar-refractivity contribution in [3.8, 4) is 0 Å². The molecule has 0 aliphatic heterocycles. The minimum absolute atomic E-state index is 0.372. The maximum Gasteiger partial charge on any atom is 0.307 e. The maximum absolute atomic E-state index is 11.8. The summed E-state index contributed by atoms with van der Waals surface area (Å²) in [5, 5.41) is 0.